The predicted octanol–water partition coefficient (Wildman–Crippen LogP) is 1.12. The monoisotopic (exact) mass is 234 g/mol. The van der Waals surface area contributed by atoms with Crippen LogP contribution in [0.4, 0.5) is 0 Å². The molecule has 1 atom stereocenters. The first-order chi connectivity index (χ1) is 6.31. The summed E-state index contributed by atoms with van der Waals surface area (Å²) in [6.07, 6.45) is 5.54. The summed E-state index contributed by atoms with van der Waals surface area (Å²) in [5.74, 6) is 0. The van der Waals surface area contributed by atoms with Crippen LogP contribution in [-0.2, 0) is 4.43 Å². The van der Waals surface area contributed by atoms with Crippen molar-refractivity contribution in [3.63, 3.8) is 0 Å². The third-order valence-electron chi connectivity index (χ3n) is 2.47. The van der Waals surface area contributed by atoms with Gasteiger partial charge in [-0.05, 0) is 6.04 Å². The Balaban J connectivity index is 0.000000226. The molecule has 0 N–H and O–H groups in total. The second kappa shape index (κ2) is 10.7. The zero-order valence-electron chi connectivity index (χ0n) is 9.64. The van der Waals surface area contributed by atoms with Crippen LogP contribution in [0.15, 0.2) is 0 Å². The van der Waals surface area contributed by atoms with Gasteiger partial charge in [-0.15, -0.1) is 0 Å². The molecule has 0 saturated carbocycles. The highest BCUT2D eigenvalue weighted by molar-refractivity contribution is 7.34. The molecule has 0 radical (unpaired) electrons. The van der Waals surface area contributed by atoms with Crippen LogP contribution in [0.1, 0.15) is 39.5 Å². The lowest BCUT2D eigenvalue weighted by Gasteiger charge is -2.14. The smallest absolute Gasteiger partial charge is 0.140 e. The van der Waals surface area contributed by atoms with Gasteiger partial charge >= 0.3 is 0 Å². The van der Waals surface area contributed by atoms with Gasteiger partial charge in [-0.3, -0.25) is 0 Å². The fourth-order valence-electron chi connectivity index (χ4n) is 1.32. The third-order valence-corrected chi connectivity index (χ3v) is 22.2. The van der Waals surface area contributed by atoms with Crippen molar-refractivity contribution in [2.24, 2.45) is 0 Å². The van der Waals surface area contributed by atoms with Crippen LogP contribution in [-0.4, -0.2) is 32.8 Å². The van der Waals surface area contributed by atoms with E-state index in [0.717, 1.165) is 6.61 Å². The Kier molecular flexibility index (Phi) is 11.2. The standard InChI is InChI=1S/C6H14.C3H12OSi3/c1-3-5-6-4-2;1-7-3-2-4-5-6-7/h3-6H2,1-2H3;7H,2-3,5-6H2,1H3. The molecule has 0 amide bonds. The Morgan fingerprint density at radius 2 is 1.85 bits per heavy atom. The molecule has 1 fully saturated rings. The van der Waals surface area contributed by atoms with E-state index >= 15 is 0 Å². The summed E-state index contributed by atoms with van der Waals surface area (Å²) in [5.41, 5.74) is 0. The molecule has 0 spiro atoms. The molecule has 13 heavy (non-hydrogen) atoms. The molecule has 1 nitrogen and oxygen atoms in total. The minimum Gasteiger partial charge on any atom is -0.428 e. The Morgan fingerprint density at radius 3 is 2.08 bits per heavy atom. The van der Waals surface area contributed by atoms with Crippen LogP contribution in [0, 0.1) is 0 Å². The van der Waals surface area contributed by atoms with Gasteiger partial charge in [-0.1, -0.05) is 46.1 Å². The molecule has 1 aliphatic rings. The largest absolute Gasteiger partial charge is 0.428 e. The Morgan fingerprint density at radius 1 is 1.23 bits per heavy atom. The minimum absolute atomic E-state index is 0.0189. The van der Waals surface area contributed by atoms with Gasteiger partial charge in [0.15, 0.2) is 0 Å². The Hall–Kier alpha value is 0.611. The molecule has 1 aliphatic heterocycles. The second-order valence-electron chi connectivity index (χ2n) is 4.00. The zero-order valence-corrected chi connectivity index (χ0v) is 13.6. The van der Waals surface area contributed by atoms with Crippen molar-refractivity contribution in [3.05, 3.63) is 0 Å². The highest BCUT2D eigenvalue weighted by atomic mass is 29.5. The van der Waals surface area contributed by atoms with E-state index < -0.39 is 0 Å². The van der Waals surface area contributed by atoms with Gasteiger partial charge in [-0.25, -0.2) is 0 Å². The van der Waals surface area contributed by atoms with Crippen LogP contribution in [0.25, 0.3) is 0 Å². The number of hydrogen-bond acceptors (Lipinski definition) is 1. The van der Waals surface area contributed by atoms with Gasteiger partial charge in [0.1, 0.15) is 9.28 Å². The quantitative estimate of drug-likeness (QED) is 0.525. The fourth-order valence-corrected chi connectivity index (χ4v) is 14.9. The van der Waals surface area contributed by atoms with Crippen molar-refractivity contribution in [1.82, 2.24) is 0 Å². The lowest BCUT2D eigenvalue weighted by molar-refractivity contribution is 0.367. The van der Waals surface area contributed by atoms with Crippen LogP contribution < -0.4 is 0 Å². The summed E-state index contributed by atoms with van der Waals surface area (Å²) in [4.78, 5) is 0. The van der Waals surface area contributed by atoms with Crippen LogP contribution in [0.3, 0.4) is 0 Å². The van der Waals surface area contributed by atoms with E-state index in [2.05, 4.69) is 20.4 Å². The van der Waals surface area contributed by atoms with Crippen molar-refractivity contribution in [3.8, 4) is 0 Å². The molecule has 1 unspecified atom stereocenters. The predicted molar refractivity (Wildman–Crippen MR) is 70.7 cm³/mol. The topological polar surface area (TPSA) is 9.23 Å². The molecule has 0 aliphatic carbocycles. The fraction of sp³-hybridized carbons (Fsp3) is 1.00. The first-order valence-electron chi connectivity index (χ1n) is 5.89. The third kappa shape index (κ3) is 10.5. The van der Waals surface area contributed by atoms with Crippen molar-refractivity contribution in [2.75, 3.05) is 6.61 Å². The lowest BCUT2D eigenvalue weighted by atomic mass is 10.2. The molecule has 1 rings (SSSR count). The average molecular weight is 235 g/mol. The molecule has 4 heteroatoms. The van der Waals surface area contributed by atoms with Gasteiger partial charge in [0.05, 0.1) is 0 Å². The normalized spacial score (nSPS) is 25.6. The van der Waals surface area contributed by atoms with E-state index in [-0.39, 0.29) is 17.6 Å². The van der Waals surface area contributed by atoms with E-state index in [1.165, 1.54) is 31.7 Å². The van der Waals surface area contributed by atoms with E-state index in [1.54, 1.807) is 0 Å². The lowest BCUT2D eigenvalue weighted by Crippen LogP contribution is -2.32. The van der Waals surface area contributed by atoms with Crippen molar-refractivity contribution in [1.29, 1.82) is 0 Å². The summed E-state index contributed by atoms with van der Waals surface area (Å²) in [7, 11) is 0.631. The summed E-state index contributed by atoms with van der Waals surface area (Å²) in [6, 6.07) is 1.50. The first kappa shape index (κ1) is 13.6. The summed E-state index contributed by atoms with van der Waals surface area (Å²) in [5, 5.41) is 0. The van der Waals surface area contributed by atoms with E-state index in [1.807, 2.05) is 0 Å². The molecule has 0 bridgehead atoms. The maximum Gasteiger partial charge on any atom is 0.140 e. The Labute approximate surface area is 89.6 Å². The van der Waals surface area contributed by atoms with Crippen molar-refractivity contribution < 1.29 is 4.43 Å². The zero-order chi connectivity index (χ0) is 9.94. The summed E-state index contributed by atoms with van der Waals surface area (Å²) < 4.78 is 5.38. The maximum absolute atomic E-state index is 5.38. The van der Waals surface area contributed by atoms with Gasteiger partial charge in [-0.2, -0.15) is 0 Å². The second-order valence-corrected chi connectivity index (χ2v) is 20.5. The van der Waals surface area contributed by atoms with Gasteiger partial charge in [0.25, 0.3) is 0 Å². The molecule has 0 aromatic carbocycles. The van der Waals surface area contributed by atoms with Gasteiger partial charge < -0.3 is 4.43 Å². The first-order valence-corrected chi connectivity index (χ1v) is 15.7. The van der Waals surface area contributed by atoms with E-state index in [4.69, 9.17) is 4.43 Å². The van der Waals surface area contributed by atoms with Gasteiger partial charge in [0.2, 0.25) is 0 Å². The molecular weight excluding hydrogens is 208 g/mol. The minimum atomic E-state index is -0.0189. The highest BCUT2D eigenvalue weighted by Crippen LogP contribution is 1.95. The number of rotatable bonds is 3. The molecule has 0 aromatic heterocycles. The molecule has 1 heterocycles. The van der Waals surface area contributed by atoms with Crippen molar-refractivity contribution >= 4 is 26.1 Å². The van der Waals surface area contributed by atoms with Crippen molar-refractivity contribution in [2.45, 2.75) is 52.1 Å². The average Bonchev–Trinajstić information content (AvgIpc) is 2.17. The molecule has 0 aromatic rings. The highest BCUT2D eigenvalue weighted by Gasteiger charge is 2.09. The molecule has 80 valence electrons. The van der Waals surface area contributed by atoms with Crippen LogP contribution in [0.2, 0.25) is 12.6 Å². The Bertz CT molecular complexity index is 90.9. The van der Waals surface area contributed by atoms with E-state index in [0.29, 0.717) is 8.55 Å². The van der Waals surface area contributed by atoms with Crippen LogP contribution >= 0.6 is 0 Å². The number of hydrogen-bond donors (Lipinski definition) is 0. The molecular formula is C9H26OSi3. The number of unbranched alkanes of at least 4 members (excludes halogenated alkanes) is 3. The van der Waals surface area contributed by atoms with Crippen LogP contribution in [0.5, 0.6) is 0 Å². The summed E-state index contributed by atoms with van der Waals surface area (Å²) >= 11 is 0. The summed E-state index contributed by atoms with van der Waals surface area (Å²) in [6.45, 7) is 8.12. The molecule has 1 saturated heterocycles. The maximum atomic E-state index is 5.38. The van der Waals surface area contributed by atoms with E-state index in [9.17, 15) is 0 Å². The SMILES string of the molecule is CCCCCC.C[SiH]1CCO[SiH2][SiH2]1. The van der Waals surface area contributed by atoms with Gasteiger partial charge in [0, 0.05) is 23.5 Å².